The summed E-state index contributed by atoms with van der Waals surface area (Å²) in [6.45, 7) is 1.36. The van der Waals surface area contributed by atoms with Gasteiger partial charge in [0.1, 0.15) is 16.3 Å². The minimum atomic E-state index is -0.719. The number of nitrogens with one attached hydrogen (secondary N) is 1. The van der Waals surface area contributed by atoms with E-state index in [2.05, 4.69) is 26.2 Å². The van der Waals surface area contributed by atoms with E-state index in [4.69, 9.17) is 9.47 Å². The highest BCUT2D eigenvalue weighted by Gasteiger charge is 2.26. The molecule has 34 heavy (non-hydrogen) atoms. The molecule has 0 spiro atoms. The summed E-state index contributed by atoms with van der Waals surface area (Å²) in [4.78, 5) is 42.0. The molecule has 0 aliphatic carbocycles. The number of thiophene rings is 1. The third kappa shape index (κ3) is 5.16. The number of para-hydroxylation sites is 1. The molecule has 2 aromatic carbocycles. The molecular formula is C25H19BrN2O5S. The summed E-state index contributed by atoms with van der Waals surface area (Å²) in [6.07, 6.45) is 0. The van der Waals surface area contributed by atoms with Crippen molar-refractivity contribution < 1.29 is 23.9 Å². The summed E-state index contributed by atoms with van der Waals surface area (Å²) < 4.78 is 11.0. The monoisotopic (exact) mass is 538 g/mol. The maximum Gasteiger partial charge on any atom is 0.357 e. The Labute approximate surface area is 207 Å². The van der Waals surface area contributed by atoms with E-state index in [0.717, 1.165) is 10.9 Å². The number of aromatic nitrogens is 1. The first-order chi connectivity index (χ1) is 16.5. The van der Waals surface area contributed by atoms with Crippen LogP contribution in [0, 0.1) is 0 Å². The summed E-state index contributed by atoms with van der Waals surface area (Å²) in [5, 5.41) is 3.86. The van der Waals surface area contributed by atoms with Crippen molar-refractivity contribution in [1.29, 1.82) is 0 Å². The minimum absolute atomic E-state index is 0.101. The quantitative estimate of drug-likeness (QED) is 0.303. The standard InChI is InChI=1S/C25H19BrN2O5S/c1-2-32-25(31)21-20(16-9-4-3-5-10-16)22(26)34-23(21)28-19(29)14-33-24(30)18-13-12-15-8-6-7-11-17(15)27-18/h3-13H,2,14H2,1H3,(H,28,29). The van der Waals surface area contributed by atoms with Crippen molar-refractivity contribution in [2.45, 2.75) is 6.92 Å². The fraction of sp³-hybridized carbons (Fsp3) is 0.120. The van der Waals surface area contributed by atoms with Crippen molar-refractivity contribution in [3.05, 3.63) is 81.8 Å². The number of fused-ring (bicyclic) bond motifs is 1. The first-order valence-electron chi connectivity index (χ1n) is 10.4. The van der Waals surface area contributed by atoms with Gasteiger partial charge >= 0.3 is 11.9 Å². The van der Waals surface area contributed by atoms with E-state index in [0.29, 0.717) is 19.9 Å². The molecule has 1 amide bonds. The molecule has 2 aromatic heterocycles. The zero-order valence-corrected chi connectivity index (χ0v) is 20.4. The molecule has 172 valence electrons. The summed E-state index contributed by atoms with van der Waals surface area (Å²) in [6, 6.07) is 20.0. The van der Waals surface area contributed by atoms with E-state index in [9.17, 15) is 14.4 Å². The Morgan fingerprint density at radius 3 is 2.44 bits per heavy atom. The number of rotatable bonds is 7. The molecule has 0 fully saturated rings. The molecule has 7 nitrogen and oxygen atoms in total. The van der Waals surface area contributed by atoms with Crippen LogP contribution >= 0.6 is 27.3 Å². The number of anilines is 1. The average Bonchev–Trinajstić information content (AvgIpc) is 3.18. The van der Waals surface area contributed by atoms with Crippen LogP contribution in [0.25, 0.3) is 22.0 Å². The maximum atomic E-state index is 12.7. The number of pyridine rings is 1. The predicted molar refractivity (Wildman–Crippen MR) is 134 cm³/mol. The van der Waals surface area contributed by atoms with Gasteiger partial charge in [0.25, 0.3) is 5.91 Å². The third-order valence-corrected chi connectivity index (χ3v) is 6.58. The van der Waals surface area contributed by atoms with Crippen LogP contribution in [0.3, 0.4) is 0 Å². The molecule has 0 aliphatic rings. The number of carbonyl (C=O) groups is 3. The SMILES string of the molecule is CCOC(=O)c1c(NC(=O)COC(=O)c2ccc3ccccc3n2)sc(Br)c1-c1ccccc1. The molecule has 0 unspecified atom stereocenters. The smallest absolute Gasteiger partial charge is 0.357 e. The highest BCUT2D eigenvalue weighted by atomic mass is 79.9. The summed E-state index contributed by atoms with van der Waals surface area (Å²) in [5.74, 6) is -1.87. The molecule has 1 N–H and O–H groups in total. The van der Waals surface area contributed by atoms with Gasteiger partial charge in [0.15, 0.2) is 6.61 Å². The van der Waals surface area contributed by atoms with E-state index < -0.39 is 24.5 Å². The Morgan fingerprint density at radius 2 is 1.68 bits per heavy atom. The number of carbonyl (C=O) groups excluding carboxylic acids is 3. The maximum absolute atomic E-state index is 12.7. The summed E-state index contributed by atoms with van der Waals surface area (Å²) >= 11 is 4.67. The molecule has 0 radical (unpaired) electrons. The van der Waals surface area contributed by atoms with Gasteiger partial charge in [0.05, 0.1) is 15.9 Å². The van der Waals surface area contributed by atoms with E-state index in [-0.39, 0.29) is 17.9 Å². The summed E-state index contributed by atoms with van der Waals surface area (Å²) in [7, 11) is 0. The molecule has 9 heteroatoms. The lowest BCUT2D eigenvalue weighted by Crippen LogP contribution is -2.22. The highest BCUT2D eigenvalue weighted by Crippen LogP contribution is 2.44. The molecule has 0 atom stereocenters. The lowest BCUT2D eigenvalue weighted by Gasteiger charge is -2.09. The van der Waals surface area contributed by atoms with E-state index >= 15 is 0 Å². The van der Waals surface area contributed by atoms with Gasteiger partial charge in [-0.1, -0.05) is 54.6 Å². The van der Waals surface area contributed by atoms with Crippen LogP contribution in [0.1, 0.15) is 27.8 Å². The van der Waals surface area contributed by atoms with Crippen molar-refractivity contribution in [3.8, 4) is 11.1 Å². The lowest BCUT2D eigenvalue weighted by atomic mass is 10.0. The summed E-state index contributed by atoms with van der Waals surface area (Å²) in [5.41, 5.74) is 2.40. The Balaban J connectivity index is 1.51. The molecule has 0 aliphatic heterocycles. The van der Waals surface area contributed by atoms with Crippen molar-refractivity contribution in [2.24, 2.45) is 0 Å². The first kappa shape index (κ1) is 23.6. The van der Waals surface area contributed by atoms with Crippen LogP contribution in [0.4, 0.5) is 5.00 Å². The van der Waals surface area contributed by atoms with Crippen molar-refractivity contribution >= 4 is 61.0 Å². The van der Waals surface area contributed by atoms with Crippen LogP contribution in [-0.4, -0.2) is 36.0 Å². The Kier molecular flexibility index (Phi) is 7.34. The molecular weight excluding hydrogens is 520 g/mol. The molecule has 0 bridgehead atoms. The van der Waals surface area contributed by atoms with Gasteiger partial charge in [-0.15, -0.1) is 11.3 Å². The van der Waals surface area contributed by atoms with E-state index in [1.54, 1.807) is 25.1 Å². The van der Waals surface area contributed by atoms with Crippen LogP contribution in [0.2, 0.25) is 0 Å². The van der Waals surface area contributed by atoms with Gasteiger partial charge in [-0.3, -0.25) is 4.79 Å². The number of hydrogen-bond donors (Lipinski definition) is 1. The number of esters is 2. The normalized spacial score (nSPS) is 10.6. The molecule has 4 rings (SSSR count). The topological polar surface area (TPSA) is 94.6 Å². The number of nitrogens with zero attached hydrogens (tertiary/aromatic N) is 1. The third-order valence-electron chi connectivity index (χ3n) is 4.80. The van der Waals surface area contributed by atoms with Gasteiger partial charge < -0.3 is 14.8 Å². The van der Waals surface area contributed by atoms with Gasteiger partial charge in [0, 0.05) is 10.9 Å². The van der Waals surface area contributed by atoms with E-state index in [1.807, 2.05) is 48.5 Å². The number of halogens is 1. The Bertz CT molecular complexity index is 1370. The van der Waals surface area contributed by atoms with Gasteiger partial charge in [-0.05, 0) is 40.5 Å². The van der Waals surface area contributed by atoms with Crippen molar-refractivity contribution in [1.82, 2.24) is 4.98 Å². The zero-order chi connectivity index (χ0) is 24.1. The number of amides is 1. The molecule has 4 aromatic rings. The van der Waals surface area contributed by atoms with Crippen LogP contribution < -0.4 is 5.32 Å². The van der Waals surface area contributed by atoms with Gasteiger partial charge in [-0.2, -0.15) is 0 Å². The second-order valence-corrected chi connectivity index (χ2v) is 9.39. The van der Waals surface area contributed by atoms with Crippen LogP contribution in [0.5, 0.6) is 0 Å². The van der Waals surface area contributed by atoms with Gasteiger partial charge in [0.2, 0.25) is 0 Å². The number of hydrogen-bond acceptors (Lipinski definition) is 7. The lowest BCUT2D eigenvalue weighted by molar-refractivity contribution is -0.119. The molecule has 2 heterocycles. The number of benzene rings is 2. The van der Waals surface area contributed by atoms with E-state index in [1.165, 1.54) is 11.3 Å². The van der Waals surface area contributed by atoms with Crippen molar-refractivity contribution in [2.75, 3.05) is 18.5 Å². The Hall–Kier alpha value is -3.56. The second-order valence-electron chi connectivity index (χ2n) is 7.05. The Morgan fingerprint density at radius 1 is 0.941 bits per heavy atom. The minimum Gasteiger partial charge on any atom is -0.462 e. The largest absolute Gasteiger partial charge is 0.462 e. The van der Waals surface area contributed by atoms with Crippen LogP contribution in [-0.2, 0) is 14.3 Å². The molecule has 0 saturated carbocycles. The fourth-order valence-electron chi connectivity index (χ4n) is 3.30. The highest BCUT2D eigenvalue weighted by molar-refractivity contribution is 9.11. The molecule has 0 saturated heterocycles. The predicted octanol–water partition coefficient (Wildman–Crippen LogP) is 5.70. The van der Waals surface area contributed by atoms with Crippen molar-refractivity contribution in [3.63, 3.8) is 0 Å². The van der Waals surface area contributed by atoms with Gasteiger partial charge in [-0.25, -0.2) is 14.6 Å². The van der Waals surface area contributed by atoms with Crippen LogP contribution in [0.15, 0.2) is 70.5 Å². The first-order valence-corrected chi connectivity index (χ1v) is 12.0. The number of ether oxygens (including phenoxy) is 2. The average molecular weight is 539 g/mol. The fourth-order valence-corrected chi connectivity index (χ4v) is 5.17. The zero-order valence-electron chi connectivity index (χ0n) is 18.0. The second kappa shape index (κ2) is 10.6.